The summed E-state index contributed by atoms with van der Waals surface area (Å²) >= 11 is 0. The monoisotopic (exact) mass is 284 g/mol. The van der Waals surface area contributed by atoms with Gasteiger partial charge < -0.3 is 10.0 Å². The predicted octanol–water partition coefficient (Wildman–Crippen LogP) is 2.87. The van der Waals surface area contributed by atoms with Gasteiger partial charge in [-0.15, -0.1) is 0 Å². The molecule has 2 N–H and O–H groups in total. The number of nitrogens with zero attached hydrogens (tertiary/aromatic N) is 1. The Bertz CT molecular complexity index is 307. The van der Waals surface area contributed by atoms with Crippen LogP contribution in [0.5, 0.6) is 0 Å². The molecule has 0 bridgehead atoms. The Hall–Kier alpha value is -0.610. The molecule has 20 heavy (non-hydrogen) atoms. The maximum Gasteiger partial charge on any atom is 0.323 e. The van der Waals surface area contributed by atoms with Gasteiger partial charge in [0.05, 0.1) is 0 Å². The normalized spacial score (nSPS) is 23.1. The molecular formula is C16H32N2O2. The summed E-state index contributed by atoms with van der Waals surface area (Å²) in [7, 11) is 0. The number of nitrogens with one attached hydrogen (secondary N) is 1. The van der Waals surface area contributed by atoms with Crippen molar-refractivity contribution in [2.45, 2.75) is 83.8 Å². The van der Waals surface area contributed by atoms with E-state index >= 15 is 0 Å². The van der Waals surface area contributed by atoms with Crippen molar-refractivity contribution in [1.29, 1.82) is 0 Å². The standard InChI is InChI=1S/C16H32N2O2/c1-5-14-9-7-11-18(14)12-8-10-16(6-2,15(19)20)17-13(3)4/h13-14,17H,5-12H2,1-4H3,(H,19,20). The lowest BCUT2D eigenvalue weighted by Crippen LogP contribution is -2.54. The van der Waals surface area contributed by atoms with E-state index in [0.717, 1.165) is 13.0 Å². The second kappa shape index (κ2) is 7.99. The molecule has 1 rings (SSSR count). The molecule has 2 atom stereocenters. The van der Waals surface area contributed by atoms with Crippen LogP contribution in [0.4, 0.5) is 0 Å². The van der Waals surface area contributed by atoms with Crippen LogP contribution in [0, 0.1) is 0 Å². The maximum atomic E-state index is 11.7. The first-order valence-electron chi connectivity index (χ1n) is 8.20. The maximum absolute atomic E-state index is 11.7. The Labute approximate surface area is 123 Å². The minimum Gasteiger partial charge on any atom is -0.480 e. The number of carbonyl (C=O) groups is 1. The van der Waals surface area contributed by atoms with Crippen molar-refractivity contribution in [2.24, 2.45) is 0 Å². The van der Waals surface area contributed by atoms with Gasteiger partial charge in [0.1, 0.15) is 5.54 Å². The molecule has 1 fully saturated rings. The van der Waals surface area contributed by atoms with Crippen molar-refractivity contribution in [3.8, 4) is 0 Å². The second-order valence-corrected chi connectivity index (χ2v) is 6.38. The van der Waals surface area contributed by atoms with Gasteiger partial charge in [0.25, 0.3) is 0 Å². The lowest BCUT2D eigenvalue weighted by molar-refractivity contribution is -0.145. The van der Waals surface area contributed by atoms with Crippen molar-refractivity contribution in [3.05, 3.63) is 0 Å². The van der Waals surface area contributed by atoms with E-state index in [1.54, 1.807) is 0 Å². The molecule has 0 spiro atoms. The Balaban J connectivity index is 2.52. The van der Waals surface area contributed by atoms with E-state index in [-0.39, 0.29) is 6.04 Å². The molecule has 0 aliphatic carbocycles. The molecule has 4 heteroatoms. The highest BCUT2D eigenvalue weighted by molar-refractivity contribution is 5.78. The van der Waals surface area contributed by atoms with Crippen LogP contribution < -0.4 is 5.32 Å². The van der Waals surface area contributed by atoms with Crippen LogP contribution >= 0.6 is 0 Å². The minimum absolute atomic E-state index is 0.196. The smallest absolute Gasteiger partial charge is 0.323 e. The van der Waals surface area contributed by atoms with Gasteiger partial charge in [-0.1, -0.05) is 13.8 Å². The molecule has 118 valence electrons. The Kier molecular flexibility index (Phi) is 6.96. The zero-order valence-corrected chi connectivity index (χ0v) is 13.6. The van der Waals surface area contributed by atoms with Gasteiger partial charge in [0.15, 0.2) is 0 Å². The third kappa shape index (κ3) is 4.45. The van der Waals surface area contributed by atoms with Gasteiger partial charge in [-0.3, -0.25) is 10.1 Å². The largest absolute Gasteiger partial charge is 0.480 e. The van der Waals surface area contributed by atoms with Gasteiger partial charge in [-0.25, -0.2) is 0 Å². The van der Waals surface area contributed by atoms with Crippen molar-refractivity contribution >= 4 is 5.97 Å². The molecule has 1 saturated heterocycles. The molecule has 4 nitrogen and oxygen atoms in total. The average Bonchev–Trinajstić information content (AvgIpc) is 2.84. The number of aliphatic carboxylic acids is 1. The summed E-state index contributed by atoms with van der Waals surface area (Å²) in [4.78, 5) is 14.2. The molecule has 1 heterocycles. The molecule has 1 aliphatic rings. The zero-order chi connectivity index (χ0) is 15.2. The average molecular weight is 284 g/mol. The van der Waals surface area contributed by atoms with Gasteiger partial charge in [-0.05, 0) is 65.5 Å². The highest BCUT2D eigenvalue weighted by Gasteiger charge is 2.36. The van der Waals surface area contributed by atoms with Crippen molar-refractivity contribution in [2.75, 3.05) is 13.1 Å². The van der Waals surface area contributed by atoms with E-state index < -0.39 is 11.5 Å². The second-order valence-electron chi connectivity index (χ2n) is 6.38. The Morgan fingerprint density at radius 3 is 2.65 bits per heavy atom. The Morgan fingerprint density at radius 1 is 1.45 bits per heavy atom. The van der Waals surface area contributed by atoms with E-state index in [1.165, 1.54) is 25.8 Å². The quantitative estimate of drug-likeness (QED) is 0.683. The van der Waals surface area contributed by atoms with Gasteiger partial charge in [-0.2, -0.15) is 0 Å². The van der Waals surface area contributed by atoms with Gasteiger partial charge >= 0.3 is 5.97 Å². The van der Waals surface area contributed by atoms with E-state index in [4.69, 9.17) is 0 Å². The molecule has 2 unspecified atom stereocenters. The van der Waals surface area contributed by atoms with Crippen LogP contribution in [0.2, 0.25) is 0 Å². The van der Waals surface area contributed by atoms with Crippen LogP contribution in [0.25, 0.3) is 0 Å². The number of carboxylic acid groups (broad SMARTS) is 1. The molecule has 1 aliphatic heterocycles. The molecule has 0 aromatic carbocycles. The van der Waals surface area contributed by atoms with Crippen LogP contribution in [-0.2, 0) is 4.79 Å². The minimum atomic E-state index is -0.754. The summed E-state index contributed by atoms with van der Waals surface area (Å²) in [5.74, 6) is -0.706. The third-order valence-corrected chi connectivity index (χ3v) is 4.60. The first-order valence-corrected chi connectivity index (χ1v) is 8.20. The first kappa shape index (κ1) is 17.4. The highest BCUT2D eigenvalue weighted by atomic mass is 16.4. The Morgan fingerprint density at radius 2 is 2.15 bits per heavy atom. The summed E-state index contributed by atoms with van der Waals surface area (Å²) in [6, 6.07) is 0.912. The number of hydrogen-bond donors (Lipinski definition) is 2. The fourth-order valence-electron chi connectivity index (χ4n) is 3.46. The molecule has 0 amide bonds. The fourth-order valence-corrected chi connectivity index (χ4v) is 3.46. The summed E-state index contributed by atoms with van der Waals surface area (Å²) in [6.45, 7) is 10.5. The fraction of sp³-hybridized carbons (Fsp3) is 0.938. The van der Waals surface area contributed by atoms with E-state index in [2.05, 4.69) is 17.1 Å². The van der Waals surface area contributed by atoms with E-state index in [9.17, 15) is 9.90 Å². The van der Waals surface area contributed by atoms with Gasteiger partial charge in [0, 0.05) is 12.1 Å². The topological polar surface area (TPSA) is 52.6 Å². The molecular weight excluding hydrogens is 252 g/mol. The number of hydrogen-bond acceptors (Lipinski definition) is 3. The first-order chi connectivity index (χ1) is 9.45. The lowest BCUT2D eigenvalue weighted by atomic mass is 9.89. The lowest BCUT2D eigenvalue weighted by Gasteiger charge is -2.33. The third-order valence-electron chi connectivity index (χ3n) is 4.60. The summed E-state index contributed by atoms with van der Waals surface area (Å²) < 4.78 is 0. The van der Waals surface area contributed by atoms with Crippen LogP contribution in [0.15, 0.2) is 0 Å². The van der Waals surface area contributed by atoms with Crippen molar-refractivity contribution < 1.29 is 9.90 Å². The molecule has 0 radical (unpaired) electrons. The number of rotatable bonds is 9. The van der Waals surface area contributed by atoms with Crippen LogP contribution in [0.3, 0.4) is 0 Å². The van der Waals surface area contributed by atoms with Gasteiger partial charge in [0.2, 0.25) is 0 Å². The summed E-state index contributed by atoms with van der Waals surface area (Å²) in [6.07, 6.45) is 6.11. The van der Waals surface area contributed by atoms with Crippen LogP contribution in [0.1, 0.15) is 66.2 Å². The van der Waals surface area contributed by atoms with E-state index in [0.29, 0.717) is 18.9 Å². The van der Waals surface area contributed by atoms with Crippen molar-refractivity contribution in [1.82, 2.24) is 10.2 Å². The van der Waals surface area contributed by atoms with E-state index in [1.807, 2.05) is 20.8 Å². The van der Waals surface area contributed by atoms with Crippen LogP contribution in [-0.4, -0.2) is 46.7 Å². The molecule has 0 aromatic rings. The number of carboxylic acids is 1. The molecule has 0 saturated carbocycles. The van der Waals surface area contributed by atoms with Crippen molar-refractivity contribution in [3.63, 3.8) is 0 Å². The SMILES string of the molecule is CCC1CCCN1CCCC(CC)(NC(C)C)C(=O)O. The zero-order valence-electron chi connectivity index (χ0n) is 13.6. The predicted molar refractivity (Wildman–Crippen MR) is 83.0 cm³/mol. The highest BCUT2D eigenvalue weighted by Crippen LogP contribution is 2.23. The summed E-state index contributed by atoms with van der Waals surface area (Å²) in [5.41, 5.74) is -0.754. The summed E-state index contributed by atoms with van der Waals surface area (Å²) in [5, 5.41) is 12.9. The number of likely N-dealkylation sites (tertiary alicyclic amines) is 1. The molecule has 0 aromatic heterocycles.